The Balaban J connectivity index is 1.68. The number of hydrogen-bond acceptors (Lipinski definition) is 5. The van der Waals surface area contributed by atoms with Gasteiger partial charge in [0.1, 0.15) is 12.2 Å². The summed E-state index contributed by atoms with van der Waals surface area (Å²) in [5.41, 5.74) is 0.772. The van der Waals surface area contributed by atoms with Crippen LogP contribution in [0.1, 0.15) is 33.6 Å². The second-order valence-electron chi connectivity index (χ2n) is 7.34. The van der Waals surface area contributed by atoms with Crippen molar-refractivity contribution >= 4 is 22.7 Å². The van der Waals surface area contributed by atoms with Gasteiger partial charge in [-0.2, -0.15) is 0 Å². The van der Waals surface area contributed by atoms with Crippen LogP contribution in [0.3, 0.4) is 0 Å². The summed E-state index contributed by atoms with van der Waals surface area (Å²) in [4.78, 5) is 14.4. The summed E-state index contributed by atoms with van der Waals surface area (Å²) in [6.07, 6.45) is 3.66. The van der Waals surface area contributed by atoms with Crippen LogP contribution in [0.25, 0.3) is 11.0 Å². The van der Waals surface area contributed by atoms with Crippen LogP contribution in [0.4, 0.5) is 10.5 Å². The van der Waals surface area contributed by atoms with E-state index in [0.29, 0.717) is 23.6 Å². The van der Waals surface area contributed by atoms with Crippen molar-refractivity contribution < 1.29 is 18.7 Å². The molecular formula is C19H26N2O4. The molecule has 0 spiro atoms. The molecule has 3 rings (SSSR count). The molecule has 1 fully saturated rings. The SMILES string of the molecule is CC(C)(C)OC(=O)Nc1cc(OCCN2CCCC2)c2occc2c1. The molecule has 0 aliphatic carbocycles. The first-order valence-electron chi connectivity index (χ1n) is 8.77. The van der Waals surface area contributed by atoms with Crippen LogP contribution in [0.5, 0.6) is 5.75 Å². The molecule has 1 aliphatic rings. The first-order chi connectivity index (χ1) is 11.9. The Morgan fingerprint density at radius 2 is 2.04 bits per heavy atom. The molecule has 1 aromatic heterocycles. The molecule has 0 bridgehead atoms. The highest BCUT2D eigenvalue weighted by Crippen LogP contribution is 2.31. The number of anilines is 1. The predicted molar refractivity (Wildman–Crippen MR) is 97.2 cm³/mol. The van der Waals surface area contributed by atoms with Gasteiger partial charge in [0.05, 0.1) is 6.26 Å². The van der Waals surface area contributed by atoms with Gasteiger partial charge in [0.25, 0.3) is 0 Å². The third-order valence-corrected chi connectivity index (χ3v) is 4.03. The number of nitrogens with one attached hydrogen (secondary N) is 1. The van der Waals surface area contributed by atoms with Gasteiger partial charge in [0.2, 0.25) is 0 Å². The Morgan fingerprint density at radius 1 is 1.28 bits per heavy atom. The van der Waals surface area contributed by atoms with E-state index in [1.165, 1.54) is 12.8 Å². The molecule has 6 nitrogen and oxygen atoms in total. The van der Waals surface area contributed by atoms with E-state index in [2.05, 4.69) is 10.2 Å². The normalized spacial score (nSPS) is 15.5. The van der Waals surface area contributed by atoms with Crippen molar-refractivity contribution in [1.29, 1.82) is 0 Å². The minimum Gasteiger partial charge on any atom is -0.488 e. The lowest BCUT2D eigenvalue weighted by Crippen LogP contribution is -2.27. The van der Waals surface area contributed by atoms with Crippen LogP contribution >= 0.6 is 0 Å². The average molecular weight is 346 g/mol. The fourth-order valence-electron chi connectivity index (χ4n) is 2.94. The standard InChI is InChI=1S/C19H26N2O4/c1-19(2,3)25-18(22)20-15-12-14-6-10-24-17(14)16(13-15)23-11-9-21-7-4-5-8-21/h6,10,12-13H,4-5,7-9,11H2,1-3H3,(H,20,22). The lowest BCUT2D eigenvalue weighted by atomic mass is 10.2. The van der Waals surface area contributed by atoms with E-state index in [-0.39, 0.29) is 0 Å². The van der Waals surface area contributed by atoms with Gasteiger partial charge >= 0.3 is 6.09 Å². The average Bonchev–Trinajstić information content (AvgIpc) is 3.15. The van der Waals surface area contributed by atoms with Crippen LogP contribution in [0.2, 0.25) is 0 Å². The van der Waals surface area contributed by atoms with Crippen LogP contribution < -0.4 is 10.1 Å². The number of ether oxygens (including phenoxy) is 2. The van der Waals surface area contributed by atoms with Gasteiger partial charge in [0.15, 0.2) is 11.3 Å². The highest BCUT2D eigenvalue weighted by atomic mass is 16.6. The maximum Gasteiger partial charge on any atom is 0.412 e. The van der Waals surface area contributed by atoms with Crippen LogP contribution in [-0.4, -0.2) is 42.8 Å². The summed E-state index contributed by atoms with van der Waals surface area (Å²) in [6, 6.07) is 5.47. The van der Waals surface area contributed by atoms with E-state index in [1.807, 2.05) is 32.9 Å². The molecule has 0 atom stereocenters. The molecule has 1 N–H and O–H groups in total. The van der Waals surface area contributed by atoms with E-state index in [4.69, 9.17) is 13.9 Å². The minimum absolute atomic E-state index is 0.488. The van der Waals surface area contributed by atoms with E-state index in [1.54, 1.807) is 12.3 Å². The predicted octanol–water partition coefficient (Wildman–Crippen LogP) is 4.25. The minimum atomic E-state index is -0.543. The zero-order chi connectivity index (χ0) is 17.9. The number of nitrogens with zero attached hydrogens (tertiary/aromatic N) is 1. The van der Waals surface area contributed by atoms with E-state index in [0.717, 1.165) is 25.0 Å². The number of rotatable bonds is 5. The Labute approximate surface area is 148 Å². The number of benzene rings is 1. The van der Waals surface area contributed by atoms with Gasteiger partial charge in [0, 0.05) is 23.7 Å². The molecule has 25 heavy (non-hydrogen) atoms. The molecule has 1 aromatic carbocycles. The molecule has 6 heteroatoms. The zero-order valence-corrected chi connectivity index (χ0v) is 15.1. The van der Waals surface area contributed by atoms with Crippen molar-refractivity contribution in [2.45, 2.75) is 39.2 Å². The van der Waals surface area contributed by atoms with Gasteiger partial charge < -0.3 is 13.9 Å². The largest absolute Gasteiger partial charge is 0.488 e. The summed E-state index contributed by atoms with van der Waals surface area (Å²) in [5.74, 6) is 0.632. The van der Waals surface area contributed by atoms with Crippen LogP contribution in [0.15, 0.2) is 28.9 Å². The van der Waals surface area contributed by atoms with Gasteiger partial charge in [-0.15, -0.1) is 0 Å². The third-order valence-electron chi connectivity index (χ3n) is 4.03. The summed E-state index contributed by atoms with van der Waals surface area (Å²) < 4.78 is 16.8. The number of furan rings is 1. The lowest BCUT2D eigenvalue weighted by molar-refractivity contribution is 0.0636. The molecule has 2 heterocycles. The smallest absolute Gasteiger partial charge is 0.412 e. The van der Waals surface area contributed by atoms with Gasteiger partial charge in [-0.3, -0.25) is 10.2 Å². The number of hydrogen-bond donors (Lipinski definition) is 1. The fraction of sp³-hybridized carbons (Fsp3) is 0.526. The topological polar surface area (TPSA) is 63.9 Å². The maximum atomic E-state index is 12.0. The monoisotopic (exact) mass is 346 g/mol. The van der Waals surface area contributed by atoms with Crippen molar-refractivity contribution in [1.82, 2.24) is 4.90 Å². The number of carbonyl (C=O) groups is 1. The van der Waals surface area contributed by atoms with Crippen molar-refractivity contribution in [2.75, 3.05) is 31.6 Å². The Bertz CT molecular complexity index is 727. The van der Waals surface area contributed by atoms with Crippen molar-refractivity contribution in [3.63, 3.8) is 0 Å². The van der Waals surface area contributed by atoms with Crippen molar-refractivity contribution in [2.24, 2.45) is 0 Å². The molecule has 136 valence electrons. The number of fused-ring (bicyclic) bond motifs is 1. The highest BCUT2D eigenvalue weighted by Gasteiger charge is 2.18. The van der Waals surface area contributed by atoms with E-state index < -0.39 is 11.7 Å². The molecule has 0 unspecified atom stereocenters. The lowest BCUT2D eigenvalue weighted by Gasteiger charge is -2.20. The molecule has 1 aliphatic heterocycles. The summed E-state index contributed by atoms with van der Waals surface area (Å²) in [7, 11) is 0. The van der Waals surface area contributed by atoms with Gasteiger partial charge in [-0.25, -0.2) is 4.79 Å². The van der Waals surface area contributed by atoms with Gasteiger partial charge in [-0.1, -0.05) is 0 Å². The first-order valence-corrected chi connectivity index (χ1v) is 8.77. The molecule has 2 aromatic rings. The Morgan fingerprint density at radius 3 is 2.76 bits per heavy atom. The Kier molecular flexibility index (Phi) is 5.18. The highest BCUT2D eigenvalue weighted by molar-refractivity contribution is 5.92. The number of amides is 1. The van der Waals surface area contributed by atoms with Crippen LogP contribution in [0, 0.1) is 0 Å². The summed E-state index contributed by atoms with van der Waals surface area (Å²) in [5, 5.41) is 3.64. The molecule has 0 radical (unpaired) electrons. The number of likely N-dealkylation sites (tertiary alicyclic amines) is 1. The van der Waals surface area contributed by atoms with Crippen LogP contribution in [-0.2, 0) is 4.74 Å². The zero-order valence-electron chi connectivity index (χ0n) is 15.1. The summed E-state index contributed by atoms with van der Waals surface area (Å²) >= 11 is 0. The molecule has 0 saturated carbocycles. The van der Waals surface area contributed by atoms with E-state index >= 15 is 0 Å². The molecule has 1 amide bonds. The van der Waals surface area contributed by atoms with Gasteiger partial charge in [-0.05, 0) is 58.8 Å². The second kappa shape index (κ2) is 7.35. The van der Waals surface area contributed by atoms with Crippen molar-refractivity contribution in [3.8, 4) is 5.75 Å². The van der Waals surface area contributed by atoms with E-state index in [9.17, 15) is 4.79 Å². The second-order valence-corrected chi connectivity index (χ2v) is 7.34. The Hall–Kier alpha value is -2.21. The number of carbonyl (C=O) groups excluding carboxylic acids is 1. The first kappa shape index (κ1) is 17.6. The third kappa shape index (κ3) is 4.89. The maximum absolute atomic E-state index is 12.0. The molecule has 1 saturated heterocycles. The quantitative estimate of drug-likeness (QED) is 0.876. The molecular weight excluding hydrogens is 320 g/mol. The van der Waals surface area contributed by atoms with Crippen molar-refractivity contribution in [3.05, 3.63) is 24.5 Å². The summed E-state index contributed by atoms with van der Waals surface area (Å²) in [6.45, 7) is 9.26. The fourth-order valence-corrected chi connectivity index (χ4v) is 2.94.